The van der Waals surface area contributed by atoms with Gasteiger partial charge in [0.05, 0.1) is 5.56 Å². The number of hydrogen-bond acceptors (Lipinski definition) is 2. The van der Waals surface area contributed by atoms with E-state index in [4.69, 9.17) is 0 Å². The lowest BCUT2D eigenvalue weighted by molar-refractivity contribution is -0.137. The van der Waals surface area contributed by atoms with Gasteiger partial charge in [0.2, 0.25) is 5.91 Å². The highest BCUT2D eigenvalue weighted by Crippen LogP contribution is 2.66. The van der Waals surface area contributed by atoms with Gasteiger partial charge in [0, 0.05) is 17.2 Å². The lowest BCUT2D eigenvalue weighted by atomic mass is 9.48. The van der Waals surface area contributed by atoms with E-state index in [1.54, 1.807) is 0 Å². The number of allylic oxidation sites excluding steroid dienone is 3. The van der Waals surface area contributed by atoms with Crippen LogP contribution in [0.1, 0.15) is 64.4 Å². The molecule has 0 saturated heterocycles. The van der Waals surface area contributed by atoms with Crippen LogP contribution < -0.4 is 5.32 Å². The largest absolute Gasteiger partial charge is 0.478 e. The first-order valence-corrected chi connectivity index (χ1v) is 12.6. The second kappa shape index (κ2) is 8.24. The van der Waals surface area contributed by atoms with Crippen molar-refractivity contribution in [1.82, 2.24) is 0 Å². The highest BCUT2D eigenvalue weighted by Gasteiger charge is 2.59. The Kier molecular flexibility index (Phi) is 5.68. The predicted octanol–water partition coefficient (Wildman–Crippen LogP) is 6.84. The van der Waals surface area contributed by atoms with Crippen LogP contribution >= 0.6 is 0 Å². The summed E-state index contributed by atoms with van der Waals surface area (Å²) in [6, 6.07) is 4.84. The predicted molar refractivity (Wildman–Crippen MR) is 126 cm³/mol. The van der Waals surface area contributed by atoms with Crippen molar-refractivity contribution >= 4 is 17.6 Å². The number of hydrogen-bond donors (Lipinski definition) is 2. The van der Waals surface area contributed by atoms with Crippen molar-refractivity contribution in [2.24, 2.45) is 34.5 Å². The van der Waals surface area contributed by atoms with Gasteiger partial charge in [-0.1, -0.05) is 26.0 Å². The lowest BCUT2D eigenvalue weighted by Gasteiger charge is -2.56. The van der Waals surface area contributed by atoms with Gasteiger partial charge in [-0.2, -0.15) is 13.2 Å². The van der Waals surface area contributed by atoms with Gasteiger partial charge >= 0.3 is 12.1 Å². The molecule has 4 nitrogen and oxygen atoms in total. The number of benzene rings is 1. The summed E-state index contributed by atoms with van der Waals surface area (Å²) in [5.41, 5.74) is 0.832. The molecule has 0 spiro atoms. The van der Waals surface area contributed by atoms with Crippen LogP contribution in [0.4, 0.5) is 18.9 Å². The molecule has 0 aromatic heterocycles. The number of anilines is 1. The Hall–Kier alpha value is -2.57. The summed E-state index contributed by atoms with van der Waals surface area (Å²) >= 11 is 0. The molecule has 4 aliphatic carbocycles. The summed E-state index contributed by atoms with van der Waals surface area (Å²) in [5, 5.41) is 12.2. The Morgan fingerprint density at radius 1 is 1.09 bits per heavy atom. The Labute approximate surface area is 203 Å². The summed E-state index contributed by atoms with van der Waals surface area (Å²) in [4.78, 5) is 24.8. The van der Waals surface area contributed by atoms with E-state index in [9.17, 15) is 27.9 Å². The van der Waals surface area contributed by atoms with E-state index in [1.165, 1.54) is 12.1 Å². The first-order valence-electron chi connectivity index (χ1n) is 12.6. The van der Waals surface area contributed by atoms with Gasteiger partial charge < -0.3 is 10.4 Å². The zero-order valence-electron chi connectivity index (χ0n) is 20.1. The van der Waals surface area contributed by atoms with Gasteiger partial charge in [-0.05, 0) is 103 Å². The summed E-state index contributed by atoms with van der Waals surface area (Å²) in [6.07, 6.45) is 5.53. The van der Waals surface area contributed by atoms with E-state index >= 15 is 0 Å². The average molecular weight is 488 g/mol. The van der Waals surface area contributed by atoms with E-state index in [1.807, 2.05) is 6.08 Å². The summed E-state index contributed by atoms with van der Waals surface area (Å²) < 4.78 is 39.3. The summed E-state index contributed by atoms with van der Waals surface area (Å²) in [5.74, 6) is 0.0181. The van der Waals surface area contributed by atoms with Gasteiger partial charge in [-0.3, -0.25) is 4.79 Å². The molecule has 0 bridgehead atoms. The first-order chi connectivity index (χ1) is 16.4. The molecule has 0 aliphatic heterocycles. The molecule has 1 amide bonds. The zero-order chi connectivity index (χ0) is 25.2. The molecule has 2 fully saturated rings. The number of carbonyl (C=O) groups is 2. The summed E-state index contributed by atoms with van der Waals surface area (Å²) in [7, 11) is 0. The molecule has 3 unspecified atom stereocenters. The van der Waals surface area contributed by atoms with E-state index in [0.717, 1.165) is 56.2 Å². The number of carbonyl (C=O) groups excluding carboxylic acids is 1. The number of alkyl halides is 3. The van der Waals surface area contributed by atoms with Crippen molar-refractivity contribution in [2.45, 2.75) is 65.0 Å². The van der Waals surface area contributed by atoms with E-state index in [-0.39, 0.29) is 28.3 Å². The molecule has 7 heteroatoms. The van der Waals surface area contributed by atoms with Crippen molar-refractivity contribution in [3.63, 3.8) is 0 Å². The fraction of sp³-hybridized carbons (Fsp3) is 0.571. The van der Waals surface area contributed by atoms with Gasteiger partial charge in [-0.15, -0.1) is 0 Å². The van der Waals surface area contributed by atoms with Crippen LogP contribution in [0.15, 0.2) is 47.6 Å². The second-order valence-electron chi connectivity index (χ2n) is 11.4. The van der Waals surface area contributed by atoms with Crippen molar-refractivity contribution in [3.8, 4) is 0 Å². The minimum absolute atomic E-state index is 0.0401. The van der Waals surface area contributed by atoms with Crippen LogP contribution in [0.3, 0.4) is 0 Å². The SMILES string of the molecule is C[C@]12CCC(C(=O)O)=CC1=CCC1C2CC[C@@]2(C)C1CC[C@@H]2C(=O)Nc1cccc(C(F)(F)F)c1. The van der Waals surface area contributed by atoms with E-state index in [2.05, 4.69) is 25.2 Å². The number of amides is 1. The maximum absolute atomic E-state index is 13.3. The van der Waals surface area contributed by atoms with Crippen molar-refractivity contribution in [3.05, 3.63) is 53.1 Å². The molecule has 0 radical (unpaired) electrons. The smallest absolute Gasteiger partial charge is 0.416 e. The lowest BCUT2D eigenvalue weighted by Crippen LogP contribution is -2.50. The normalized spacial score (nSPS) is 36.3. The Morgan fingerprint density at radius 3 is 2.57 bits per heavy atom. The van der Waals surface area contributed by atoms with Gasteiger partial charge in [-0.25, -0.2) is 4.79 Å². The molecular weight excluding hydrogens is 455 g/mol. The maximum atomic E-state index is 13.3. The Bertz CT molecular complexity index is 1120. The second-order valence-corrected chi connectivity index (χ2v) is 11.4. The number of fused-ring (bicyclic) bond motifs is 5. The maximum Gasteiger partial charge on any atom is 0.416 e. The van der Waals surface area contributed by atoms with Crippen molar-refractivity contribution in [2.75, 3.05) is 5.32 Å². The average Bonchev–Trinajstić information content (AvgIpc) is 3.15. The number of carboxylic acid groups (broad SMARTS) is 1. The standard InChI is InChI=1S/C28H32F3NO3/c1-26-12-10-16(25(34)35)14-17(26)6-7-20-21-8-9-23(27(21,2)13-11-22(20)26)24(33)32-19-5-3-4-18(15-19)28(29,30)31/h3-6,14-15,20-23H,7-13H2,1-2H3,(H,32,33)(H,34,35)/t20?,21?,22?,23-,26+,27+/m1/s1. The number of nitrogens with one attached hydrogen (secondary N) is 1. The molecule has 2 N–H and O–H groups in total. The molecule has 1 aromatic rings. The van der Waals surface area contributed by atoms with Crippen LogP contribution in [0, 0.1) is 34.5 Å². The quantitative estimate of drug-likeness (QED) is 0.490. The Balaban J connectivity index is 1.36. The molecule has 4 aliphatic rings. The van der Waals surface area contributed by atoms with Crippen molar-refractivity contribution in [1.29, 1.82) is 0 Å². The van der Waals surface area contributed by atoms with Crippen molar-refractivity contribution < 1.29 is 27.9 Å². The number of carboxylic acids is 1. The fourth-order valence-electron chi connectivity index (χ4n) is 7.93. The molecule has 2 saturated carbocycles. The highest BCUT2D eigenvalue weighted by atomic mass is 19.4. The molecule has 35 heavy (non-hydrogen) atoms. The third kappa shape index (κ3) is 3.91. The molecular formula is C28H32F3NO3. The molecule has 6 atom stereocenters. The molecule has 188 valence electrons. The van der Waals surface area contributed by atoms with Crippen LogP contribution in [-0.4, -0.2) is 17.0 Å². The van der Waals surface area contributed by atoms with E-state index < -0.39 is 17.7 Å². The number of aliphatic carboxylic acids is 1. The highest BCUT2D eigenvalue weighted by molar-refractivity contribution is 5.93. The molecule has 0 heterocycles. The van der Waals surface area contributed by atoms with Gasteiger partial charge in [0.1, 0.15) is 0 Å². The third-order valence-corrected chi connectivity index (χ3v) is 9.82. The van der Waals surface area contributed by atoms with E-state index in [0.29, 0.717) is 29.7 Å². The van der Waals surface area contributed by atoms with Gasteiger partial charge in [0.25, 0.3) is 0 Å². The zero-order valence-corrected chi connectivity index (χ0v) is 20.1. The first kappa shape index (κ1) is 24.1. The Morgan fingerprint density at radius 2 is 1.86 bits per heavy atom. The minimum atomic E-state index is -4.45. The van der Waals surface area contributed by atoms with Crippen LogP contribution in [0.5, 0.6) is 0 Å². The van der Waals surface area contributed by atoms with Crippen LogP contribution in [0.2, 0.25) is 0 Å². The number of rotatable bonds is 3. The summed E-state index contributed by atoms with van der Waals surface area (Å²) in [6.45, 7) is 4.47. The molecule has 5 rings (SSSR count). The number of halogens is 3. The third-order valence-electron chi connectivity index (χ3n) is 9.82. The molecule has 1 aromatic carbocycles. The fourth-order valence-corrected chi connectivity index (χ4v) is 7.93. The topological polar surface area (TPSA) is 66.4 Å². The van der Waals surface area contributed by atoms with Crippen LogP contribution in [0.25, 0.3) is 0 Å². The van der Waals surface area contributed by atoms with Gasteiger partial charge in [0.15, 0.2) is 0 Å². The van der Waals surface area contributed by atoms with Crippen LogP contribution in [-0.2, 0) is 15.8 Å². The monoisotopic (exact) mass is 487 g/mol. The minimum Gasteiger partial charge on any atom is -0.478 e.